The molecule has 1 heterocycles. The zero-order chi connectivity index (χ0) is 21.0. The Morgan fingerprint density at radius 3 is 2.31 bits per heavy atom. The lowest BCUT2D eigenvalue weighted by atomic mass is 9.98. The molecule has 2 unspecified atom stereocenters. The molecule has 1 fully saturated rings. The summed E-state index contributed by atoms with van der Waals surface area (Å²) in [6, 6.07) is 14.4. The van der Waals surface area contributed by atoms with Crippen LogP contribution in [0.1, 0.15) is 56.3 Å². The van der Waals surface area contributed by atoms with E-state index in [1.165, 1.54) is 24.1 Å². The molecular weight excluding hydrogens is 360 g/mol. The molecule has 0 aliphatic carbocycles. The number of nitrogens with one attached hydrogen (secondary N) is 1. The normalized spacial score (nSPS) is 16.9. The molecule has 1 aliphatic rings. The summed E-state index contributed by atoms with van der Waals surface area (Å²) in [7, 11) is 0. The van der Waals surface area contributed by atoms with Crippen molar-refractivity contribution in [1.29, 1.82) is 0 Å². The number of carbonyl (C=O) groups excluding carboxylic acids is 1. The maximum absolute atomic E-state index is 12.6. The second-order valence-electron chi connectivity index (χ2n) is 8.50. The Balaban J connectivity index is 1.55. The smallest absolute Gasteiger partial charge is 0.261 e. The van der Waals surface area contributed by atoms with E-state index in [0.29, 0.717) is 0 Å². The molecule has 1 saturated heterocycles. The molecule has 4 nitrogen and oxygen atoms in total. The van der Waals surface area contributed by atoms with Gasteiger partial charge < -0.3 is 15.0 Å². The number of aryl methyl sites for hydroxylation is 2. The number of piperidine rings is 1. The van der Waals surface area contributed by atoms with Gasteiger partial charge in [-0.05, 0) is 87.4 Å². The highest BCUT2D eigenvalue weighted by Crippen LogP contribution is 2.25. The largest absolute Gasteiger partial charge is 0.481 e. The van der Waals surface area contributed by atoms with Crippen molar-refractivity contribution in [2.75, 3.05) is 18.0 Å². The third kappa shape index (κ3) is 5.53. The van der Waals surface area contributed by atoms with Gasteiger partial charge >= 0.3 is 0 Å². The van der Waals surface area contributed by atoms with E-state index in [1.807, 2.05) is 32.0 Å². The molecule has 1 amide bonds. The zero-order valence-corrected chi connectivity index (χ0v) is 18.4. The number of anilines is 1. The average Bonchev–Trinajstić information content (AvgIpc) is 2.71. The van der Waals surface area contributed by atoms with Crippen molar-refractivity contribution >= 4 is 11.6 Å². The van der Waals surface area contributed by atoms with Gasteiger partial charge in [0.25, 0.3) is 5.91 Å². The first-order valence-electron chi connectivity index (χ1n) is 10.7. The first-order valence-corrected chi connectivity index (χ1v) is 10.7. The zero-order valence-electron chi connectivity index (χ0n) is 18.4. The minimum atomic E-state index is -0.547. The second-order valence-corrected chi connectivity index (χ2v) is 8.50. The van der Waals surface area contributed by atoms with Crippen LogP contribution < -0.4 is 15.0 Å². The van der Waals surface area contributed by atoms with Crippen LogP contribution in [-0.4, -0.2) is 25.1 Å². The Bertz CT molecular complexity index is 823. The maximum atomic E-state index is 12.6. The predicted molar refractivity (Wildman–Crippen MR) is 120 cm³/mol. The van der Waals surface area contributed by atoms with E-state index in [2.05, 4.69) is 48.3 Å². The topological polar surface area (TPSA) is 41.6 Å². The molecule has 2 aromatic rings. The second kappa shape index (κ2) is 9.34. The Kier molecular flexibility index (Phi) is 6.83. The van der Waals surface area contributed by atoms with Gasteiger partial charge in [-0.3, -0.25) is 4.79 Å². The molecule has 0 aromatic heterocycles. The maximum Gasteiger partial charge on any atom is 0.261 e. The van der Waals surface area contributed by atoms with Crippen molar-refractivity contribution in [3.05, 3.63) is 59.2 Å². The highest BCUT2D eigenvalue weighted by Gasteiger charge is 2.19. The van der Waals surface area contributed by atoms with Crippen molar-refractivity contribution in [3.8, 4) is 5.75 Å². The van der Waals surface area contributed by atoms with Gasteiger partial charge in [0.05, 0.1) is 6.04 Å². The monoisotopic (exact) mass is 394 g/mol. The SMILES string of the molecule is Cc1ccc(OC(C)C(=O)NC(C)c2ccc(N3CCC(C)CC3)cc2)cc1C. The molecule has 1 N–H and O–H groups in total. The van der Waals surface area contributed by atoms with Crippen LogP contribution in [0.25, 0.3) is 0 Å². The number of nitrogens with zero attached hydrogens (tertiary/aromatic N) is 1. The standard InChI is InChI=1S/C25H34N2O2/c1-17-12-14-27(15-13-17)23-9-7-22(8-10-23)20(4)26-25(28)21(5)29-24-11-6-18(2)19(3)16-24/h6-11,16-17,20-21H,12-15H2,1-5H3,(H,26,28). The lowest BCUT2D eigenvalue weighted by Crippen LogP contribution is -2.37. The molecule has 0 saturated carbocycles. The van der Waals surface area contributed by atoms with Gasteiger partial charge in [0.15, 0.2) is 6.10 Å². The van der Waals surface area contributed by atoms with Gasteiger partial charge in [-0.1, -0.05) is 25.1 Å². The summed E-state index contributed by atoms with van der Waals surface area (Å²) in [5, 5.41) is 3.07. The number of hydrogen-bond acceptors (Lipinski definition) is 3. The minimum absolute atomic E-state index is 0.0660. The average molecular weight is 395 g/mol. The van der Waals surface area contributed by atoms with E-state index in [4.69, 9.17) is 4.74 Å². The quantitative estimate of drug-likeness (QED) is 0.733. The lowest BCUT2D eigenvalue weighted by Gasteiger charge is -2.32. The Morgan fingerprint density at radius 1 is 1.03 bits per heavy atom. The van der Waals surface area contributed by atoms with E-state index < -0.39 is 6.10 Å². The number of amides is 1. The third-order valence-corrected chi connectivity index (χ3v) is 6.06. The van der Waals surface area contributed by atoms with Crippen LogP contribution in [0.3, 0.4) is 0 Å². The number of ether oxygens (including phenoxy) is 1. The molecular formula is C25H34N2O2. The third-order valence-electron chi connectivity index (χ3n) is 6.06. The Labute approximate surface area is 175 Å². The Morgan fingerprint density at radius 2 is 1.69 bits per heavy atom. The van der Waals surface area contributed by atoms with Crippen molar-refractivity contribution in [3.63, 3.8) is 0 Å². The highest BCUT2D eigenvalue weighted by molar-refractivity contribution is 5.81. The van der Waals surface area contributed by atoms with Crippen LogP contribution in [0.4, 0.5) is 5.69 Å². The van der Waals surface area contributed by atoms with Crippen LogP contribution in [0, 0.1) is 19.8 Å². The highest BCUT2D eigenvalue weighted by atomic mass is 16.5. The van der Waals surface area contributed by atoms with Crippen LogP contribution >= 0.6 is 0 Å². The van der Waals surface area contributed by atoms with E-state index >= 15 is 0 Å². The fraction of sp³-hybridized carbons (Fsp3) is 0.480. The molecule has 0 bridgehead atoms. The van der Waals surface area contributed by atoms with E-state index in [9.17, 15) is 4.79 Å². The molecule has 2 aromatic carbocycles. The summed E-state index contributed by atoms with van der Waals surface area (Å²) in [5.74, 6) is 1.45. The number of benzene rings is 2. The van der Waals surface area contributed by atoms with Gasteiger partial charge in [-0.2, -0.15) is 0 Å². The summed E-state index contributed by atoms with van der Waals surface area (Å²) >= 11 is 0. The summed E-state index contributed by atoms with van der Waals surface area (Å²) in [6.07, 6.45) is 1.97. The number of carbonyl (C=O) groups is 1. The molecule has 2 atom stereocenters. The van der Waals surface area contributed by atoms with E-state index in [-0.39, 0.29) is 11.9 Å². The van der Waals surface area contributed by atoms with Gasteiger partial charge in [0.2, 0.25) is 0 Å². The molecule has 0 radical (unpaired) electrons. The lowest BCUT2D eigenvalue weighted by molar-refractivity contribution is -0.127. The van der Waals surface area contributed by atoms with Crippen LogP contribution in [0.15, 0.2) is 42.5 Å². The first kappa shape index (κ1) is 21.2. The van der Waals surface area contributed by atoms with Gasteiger partial charge in [-0.15, -0.1) is 0 Å². The Hall–Kier alpha value is -2.49. The van der Waals surface area contributed by atoms with Crippen LogP contribution in [0.5, 0.6) is 5.75 Å². The fourth-order valence-corrected chi connectivity index (χ4v) is 3.70. The van der Waals surface area contributed by atoms with Gasteiger partial charge in [0.1, 0.15) is 5.75 Å². The predicted octanol–water partition coefficient (Wildman–Crippen LogP) is 5.18. The van der Waals surface area contributed by atoms with E-state index in [1.54, 1.807) is 6.92 Å². The van der Waals surface area contributed by atoms with Crippen molar-refractivity contribution in [1.82, 2.24) is 5.32 Å². The van der Waals surface area contributed by atoms with Gasteiger partial charge in [-0.25, -0.2) is 0 Å². The summed E-state index contributed by atoms with van der Waals surface area (Å²) in [6.45, 7) is 12.5. The summed E-state index contributed by atoms with van der Waals surface area (Å²) in [5.41, 5.74) is 4.74. The molecule has 3 rings (SSSR count). The van der Waals surface area contributed by atoms with Crippen molar-refractivity contribution < 1.29 is 9.53 Å². The van der Waals surface area contributed by atoms with E-state index in [0.717, 1.165) is 35.9 Å². The molecule has 29 heavy (non-hydrogen) atoms. The molecule has 4 heteroatoms. The van der Waals surface area contributed by atoms with Crippen molar-refractivity contribution in [2.24, 2.45) is 5.92 Å². The van der Waals surface area contributed by atoms with Crippen LogP contribution in [0.2, 0.25) is 0 Å². The van der Waals surface area contributed by atoms with Crippen LogP contribution in [-0.2, 0) is 4.79 Å². The minimum Gasteiger partial charge on any atom is -0.481 e. The fourth-order valence-electron chi connectivity index (χ4n) is 3.70. The number of hydrogen-bond donors (Lipinski definition) is 1. The van der Waals surface area contributed by atoms with Gasteiger partial charge in [0, 0.05) is 18.8 Å². The molecule has 156 valence electrons. The summed E-state index contributed by atoms with van der Waals surface area (Å²) in [4.78, 5) is 15.0. The first-order chi connectivity index (χ1) is 13.8. The summed E-state index contributed by atoms with van der Waals surface area (Å²) < 4.78 is 5.84. The number of rotatable bonds is 6. The van der Waals surface area contributed by atoms with Crippen molar-refractivity contribution in [2.45, 2.75) is 59.6 Å². The molecule has 0 spiro atoms. The molecule has 1 aliphatic heterocycles.